The third-order valence-corrected chi connectivity index (χ3v) is 3.73. The lowest BCUT2D eigenvalue weighted by Crippen LogP contribution is -2.07. The molecule has 0 radical (unpaired) electrons. The Kier molecular flexibility index (Phi) is 4.55. The van der Waals surface area contributed by atoms with Gasteiger partial charge in [0.2, 0.25) is 0 Å². The number of hydrogen-bond acceptors (Lipinski definition) is 0. The summed E-state index contributed by atoms with van der Waals surface area (Å²) in [6.07, 6.45) is 0. The molecule has 114 valence electrons. The van der Waals surface area contributed by atoms with Crippen molar-refractivity contribution in [2.75, 3.05) is 0 Å². The number of hydrogen-bond donors (Lipinski definition) is 0. The van der Waals surface area contributed by atoms with Crippen LogP contribution in [0.1, 0.15) is 22.3 Å². The molecule has 24 heavy (non-hydrogen) atoms. The molecule has 3 aromatic rings. The summed E-state index contributed by atoms with van der Waals surface area (Å²) in [5.41, 5.74) is 22.9. The van der Waals surface area contributed by atoms with Crippen LogP contribution in [0, 0.1) is 0 Å². The van der Waals surface area contributed by atoms with Gasteiger partial charge in [-0.1, -0.05) is 36.4 Å². The van der Waals surface area contributed by atoms with Gasteiger partial charge in [-0.3, -0.25) is 0 Å². The van der Waals surface area contributed by atoms with Crippen molar-refractivity contribution >= 4 is 11.4 Å². The molecule has 0 N–H and O–H groups in total. The van der Waals surface area contributed by atoms with Gasteiger partial charge in [-0.05, 0) is 48.5 Å². The second kappa shape index (κ2) is 7.12. The fourth-order valence-corrected chi connectivity index (χ4v) is 2.54. The van der Waals surface area contributed by atoms with Crippen molar-refractivity contribution in [1.29, 1.82) is 0 Å². The molecule has 4 heteroatoms. The highest BCUT2D eigenvalue weighted by atomic mass is 14.9. The van der Waals surface area contributed by atoms with Crippen LogP contribution in [0.15, 0.2) is 84.9 Å². The third-order valence-electron chi connectivity index (χ3n) is 3.73. The lowest BCUT2D eigenvalue weighted by Gasteiger charge is -2.00. The second-order valence-electron chi connectivity index (χ2n) is 5.21. The molecule has 3 rings (SSSR count). The molecular weight excluding hydrogens is 296 g/mol. The minimum absolute atomic E-state index is 0.490. The molecule has 0 amide bonds. The van der Waals surface area contributed by atoms with E-state index in [9.17, 15) is 11.1 Å². The Morgan fingerprint density at radius 2 is 0.750 bits per heavy atom. The fourth-order valence-electron chi connectivity index (χ4n) is 2.54. The lowest BCUT2D eigenvalue weighted by atomic mass is 9.98. The molecule has 4 nitrogen and oxygen atoms in total. The van der Waals surface area contributed by atoms with Gasteiger partial charge in [-0.2, -0.15) is 9.58 Å². The van der Waals surface area contributed by atoms with Crippen LogP contribution in [0.4, 0.5) is 0 Å². The molecule has 0 aliphatic carbocycles. The second-order valence-corrected chi connectivity index (χ2v) is 5.21. The zero-order valence-corrected chi connectivity index (χ0v) is 12.9. The largest absolute Gasteiger partial charge is 0.361 e. The summed E-state index contributed by atoms with van der Waals surface area (Å²) in [5, 5.41) is 0. The van der Waals surface area contributed by atoms with Gasteiger partial charge >= 0.3 is 11.4 Å². The average molecular weight is 310 g/mol. The van der Waals surface area contributed by atoms with Crippen LogP contribution in [0.3, 0.4) is 0 Å². The van der Waals surface area contributed by atoms with E-state index in [-0.39, 0.29) is 0 Å². The van der Waals surface area contributed by atoms with E-state index in [1.807, 2.05) is 84.9 Å². The topological polar surface area (TPSA) is 72.8 Å². The smallest absolute Gasteiger partial charge is 0.329 e. The summed E-state index contributed by atoms with van der Waals surface area (Å²) in [6, 6.07) is 26.3. The third kappa shape index (κ3) is 3.11. The highest BCUT2D eigenvalue weighted by Gasteiger charge is 2.18. The maximum Gasteiger partial charge on any atom is 0.329 e. The molecule has 0 saturated carbocycles. The van der Waals surface area contributed by atoms with Crippen molar-refractivity contribution in [3.8, 4) is 0 Å². The van der Waals surface area contributed by atoms with E-state index in [1.165, 1.54) is 0 Å². The maximum absolute atomic E-state index is 9.36. The monoisotopic (exact) mass is 310 g/mol. The lowest BCUT2D eigenvalue weighted by molar-refractivity contribution is -0.00349. The van der Waals surface area contributed by atoms with Gasteiger partial charge in [0.15, 0.2) is 0 Å². The van der Waals surface area contributed by atoms with Crippen molar-refractivity contribution < 1.29 is 9.58 Å². The van der Waals surface area contributed by atoms with E-state index in [0.29, 0.717) is 11.4 Å². The van der Waals surface area contributed by atoms with Crippen LogP contribution in [0.2, 0.25) is 0 Å². The standard InChI is InChI=1S/C20H14N4/c21-23-19(15-7-3-1-4-8-15)17-11-13-18(14-12-17)20(24-22)16-9-5-2-6-10-16/h1-14H. The van der Waals surface area contributed by atoms with Crippen molar-refractivity contribution in [3.05, 3.63) is 118 Å². The zero-order chi connectivity index (χ0) is 16.8. The van der Waals surface area contributed by atoms with Gasteiger partial charge in [-0.25, -0.2) is 0 Å². The number of rotatable bonds is 4. The molecule has 0 aliphatic heterocycles. The summed E-state index contributed by atoms with van der Waals surface area (Å²) in [7, 11) is 0. The van der Waals surface area contributed by atoms with Crippen LogP contribution in [0.25, 0.3) is 11.1 Å². The van der Waals surface area contributed by atoms with Gasteiger partial charge in [0.25, 0.3) is 0 Å². The zero-order valence-electron chi connectivity index (χ0n) is 12.9. The predicted molar refractivity (Wildman–Crippen MR) is 93.0 cm³/mol. The molecule has 0 heterocycles. The molecule has 0 fully saturated rings. The Hall–Kier alpha value is -3.58. The fraction of sp³-hybridized carbons (Fsp3) is 0. The summed E-state index contributed by atoms with van der Waals surface area (Å²) in [6.45, 7) is 0. The number of benzene rings is 3. The van der Waals surface area contributed by atoms with E-state index in [4.69, 9.17) is 0 Å². The van der Waals surface area contributed by atoms with E-state index >= 15 is 0 Å². The SMILES string of the molecule is [N-]=[N+]=C(c1ccccc1)c1ccc(C(=[N+]=[N-])c2ccccc2)cc1. The first-order valence-electron chi connectivity index (χ1n) is 7.49. The Labute approximate surface area is 139 Å². The quantitative estimate of drug-likeness (QED) is 0.399. The summed E-state index contributed by atoms with van der Waals surface area (Å²) in [5.74, 6) is 0. The van der Waals surface area contributed by atoms with Crippen LogP contribution < -0.4 is 0 Å². The summed E-state index contributed by atoms with van der Waals surface area (Å²) < 4.78 is 0. The average Bonchev–Trinajstić information content (AvgIpc) is 2.66. The molecule has 0 aromatic heterocycles. The summed E-state index contributed by atoms with van der Waals surface area (Å²) in [4.78, 5) is 6.84. The maximum atomic E-state index is 9.36. The van der Waals surface area contributed by atoms with Crippen LogP contribution in [0.5, 0.6) is 0 Å². The molecular formula is C20H14N4. The van der Waals surface area contributed by atoms with Gasteiger partial charge < -0.3 is 11.1 Å². The van der Waals surface area contributed by atoms with Gasteiger partial charge in [0.1, 0.15) is 0 Å². The van der Waals surface area contributed by atoms with Crippen molar-refractivity contribution in [2.45, 2.75) is 0 Å². The first-order valence-corrected chi connectivity index (χ1v) is 7.49. The highest BCUT2D eigenvalue weighted by Crippen LogP contribution is 2.13. The first-order chi connectivity index (χ1) is 11.8. The van der Waals surface area contributed by atoms with Gasteiger partial charge in [0, 0.05) is 0 Å². The minimum Gasteiger partial charge on any atom is -0.361 e. The Morgan fingerprint density at radius 3 is 1.04 bits per heavy atom. The molecule has 3 aromatic carbocycles. The molecule has 0 spiro atoms. The van der Waals surface area contributed by atoms with E-state index in [0.717, 1.165) is 22.3 Å². The first kappa shape index (κ1) is 15.3. The molecule has 0 atom stereocenters. The van der Waals surface area contributed by atoms with Crippen LogP contribution in [-0.2, 0) is 0 Å². The number of nitrogens with zero attached hydrogens (tertiary/aromatic N) is 4. The Bertz CT molecular complexity index is 851. The van der Waals surface area contributed by atoms with Crippen molar-refractivity contribution in [2.24, 2.45) is 0 Å². The molecule has 0 bridgehead atoms. The van der Waals surface area contributed by atoms with E-state index in [2.05, 4.69) is 9.58 Å². The molecule has 0 unspecified atom stereocenters. The van der Waals surface area contributed by atoms with Crippen molar-refractivity contribution in [3.63, 3.8) is 0 Å². The minimum atomic E-state index is 0.490. The summed E-state index contributed by atoms with van der Waals surface area (Å²) >= 11 is 0. The van der Waals surface area contributed by atoms with Crippen molar-refractivity contribution in [1.82, 2.24) is 0 Å². The van der Waals surface area contributed by atoms with Gasteiger partial charge in [0.05, 0.1) is 22.3 Å². The molecule has 0 aliphatic rings. The van der Waals surface area contributed by atoms with E-state index < -0.39 is 0 Å². The highest BCUT2D eigenvalue weighted by molar-refractivity contribution is 6.11. The normalized spacial score (nSPS) is 9.67. The Morgan fingerprint density at radius 1 is 0.458 bits per heavy atom. The molecule has 0 saturated heterocycles. The Balaban J connectivity index is 1.96. The predicted octanol–water partition coefficient (Wildman–Crippen LogP) is 3.82. The van der Waals surface area contributed by atoms with Gasteiger partial charge in [-0.15, -0.1) is 0 Å². The van der Waals surface area contributed by atoms with Crippen LogP contribution in [-0.4, -0.2) is 21.0 Å². The van der Waals surface area contributed by atoms with E-state index in [1.54, 1.807) is 0 Å². The van der Waals surface area contributed by atoms with Crippen LogP contribution >= 0.6 is 0 Å².